The van der Waals surface area contributed by atoms with E-state index in [1.165, 1.54) is 12.0 Å². The van der Waals surface area contributed by atoms with Crippen LogP contribution in [0, 0.1) is 11.3 Å². The first kappa shape index (κ1) is 21.3. The summed E-state index contributed by atoms with van der Waals surface area (Å²) in [7, 11) is 0. The molecule has 156 valence electrons. The number of nitrogens with one attached hydrogen (secondary N) is 2. The molecule has 1 unspecified atom stereocenters. The summed E-state index contributed by atoms with van der Waals surface area (Å²) >= 11 is 0. The van der Waals surface area contributed by atoms with Crippen molar-refractivity contribution in [3.63, 3.8) is 0 Å². The minimum atomic E-state index is -0.367. The molecule has 3 rings (SSSR count). The van der Waals surface area contributed by atoms with E-state index in [2.05, 4.69) is 26.5 Å². The predicted octanol–water partition coefficient (Wildman–Crippen LogP) is 2.22. The third kappa shape index (κ3) is 6.28. The molecule has 1 aliphatic heterocycles. The Balaban J connectivity index is 1.40. The van der Waals surface area contributed by atoms with Gasteiger partial charge >= 0.3 is 6.03 Å². The Hall–Kier alpha value is -2.43. The molecule has 0 spiro atoms. The van der Waals surface area contributed by atoms with Crippen LogP contribution >= 0.6 is 0 Å². The number of hydrogen-bond donors (Lipinski definition) is 2. The lowest BCUT2D eigenvalue weighted by atomic mass is 9.96. The number of rotatable bonds is 5. The summed E-state index contributed by atoms with van der Waals surface area (Å²) in [5.74, 6) is -0.237. The van der Waals surface area contributed by atoms with Crippen molar-refractivity contribution >= 4 is 11.9 Å². The number of imide groups is 1. The number of nitrogens with zero attached hydrogens (tertiary/aromatic N) is 3. The summed E-state index contributed by atoms with van der Waals surface area (Å²) < 4.78 is 0. The van der Waals surface area contributed by atoms with Gasteiger partial charge in [-0.2, -0.15) is 5.26 Å². The molecule has 0 radical (unpaired) electrons. The second kappa shape index (κ2) is 10.4. The van der Waals surface area contributed by atoms with Gasteiger partial charge in [-0.1, -0.05) is 31.4 Å². The SMILES string of the molecule is CC(C(=O)NC(=O)NC1CCCCC1)N1CCN(Cc2ccc(C#N)cc2)CC1. The largest absolute Gasteiger partial charge is 0.335 e. The molecular formula is C22H31N5O2. The molecule has 0 aromatic heterocycles. The average Bonchev–Trinajstić information content (AvgIpc) is 2.75. The Kier molecular flexibility index (Phi) is 7.62. The first-order valence-corrected chi connectivity index (χ1v) is 10.6. The van der Waals surface area contributed by atoms with Gasteiger partial charge in [0.05, 0.1) is 17.7 Å². The van der Waals surface area contributed by atoms with Crippen molar-refractivity contribution in [2.24, 2.45) is 0 Å². The zero-order valence-electron chi connectivity index (χ0n) is 17.2. The molecule has 1 aromatic carbocycles. The van der Waals surface area contributed by atoms with Gasteiger partial charge in [0.1, 0.15) is 0 Å². The number of piperazine rings is 1. The fourth-order valence-electron chi connectivity index (χ4n) is 4.10. The number of carbonyl (C=O) groups excluding carboxylic acids is 2. The van der Waals surface area contributed by atoms with Crippen molar-refractivity contribution in [1.29, 1.82) is 5.26 Å². The van der Waals surface area contributed by atoms with E-state index in [4.69, 9.17) is 5.26 Å². The molecular weight excluding hydrogens is 366 g/mol. The average molecular weight is 398 g/mol. The number of amides is 3. The lowest BCUT2D eigenvalue weighted by molar-refractivity contribution is -0.125. The molecule has 7 heteroatoms. The third-order valence-corrected chi connectivity index (χ3v) is 6.00. The monoisotopic (exact) mass is 397 g/mol. The van der Waals surface area contributed by atoms with E-state index in [0.29, 0.717) is 5.56 Å². The minimum Gasteiger partial charge on any atom is -0.335 e. The second-order valence-electron chi connectivity index (χ2n) is 8.09. The Morgan fingerprint density at radius 1 is 1.10 bits per heavy atom. The summed E-state index contributed by atoms with van der Waals surface area (Å²) in [5, 5.41) is 14.3. The van der Waals surface area contributed by atoms with Crippen LogP contribution in [0.15, 0.2) is 24.3 Å². The maximum Gasteiger partial charge on any atom is 0.321 e. The van der Waals surface area contributed by atoms with Gasteiger partial charge < -0.3 is 5.32 Å². The standard InChI is InChI=1S/C22H31N5O2/c1-17(21(28)25-22(29)24-20-5-3-2-4-6-20)27-13-11-26(12-14-27)16-19-9-7-18(15-23)8-10-19/h7-10,17,20H,2-6,11-14,16H2,1H3,(H2,24,25,28,29). The molecule has 2 N–H and O–H groups in total. The molecule has 1 saturated carbocycles. The molecule has 2 aliphatic rings. The maximum atomic E-state index is 12.5. The van der Waals surface area contributed by atoms with Crippen LogP contribution in [0.3, 0.4) is 0 Å². The molecule has 1 atom stereocenters. The molecule has 1 heterocycles. The number of carbonyl (C=O) groups is 2. The summed E-state index contributed by atoms with van der Waals surface area (Å²) in [6, 6.07) is 9.30. The Morgan fingerprint density at radius 3 is 2.38 bits per heavy atom. The summed E-state index contributed by atoms with van der Waals surface area (Å²) in [6.45, 7) is 6.01. The number of urea groups is 1. The van der Waals surface area contributed by atoms with E-state index in [1.807, 2.05) is 31.2 Å². The third-order valence-electron chi connectivity index (χ3n) is 6.00. The summed E-state index contributed by atoms with van der Waals surface area (Å²) in [6.07, 6.45) is 5.51. The molecule has 3 amide bonds. The van der Waals surface area contributed by atoms with Gasteiger partial charge in [-0.3, -0.25) is 19.9 Å². The molecule has 1 aromatic rings. The fraction of sp³-hybridized carbons (Fsp3) is 0.591. The van der Waals surface area contributed by atoms with Crippen LogP contribution in [0.1, 0.15) is 50.2 Å². The van der Waals surface area contributed by atoms with E-state index in [0.717, 1.165) is 58.4 Å². The molecule has 0 bridgehead atoms. The Bertz CT molecular complexity index is 729. The van der Waals surface area contributed by atoms with Crippen LogP contribution in [-0.2, 0) is 11.3 Å². The van der Waals surface area contributed by atoms with Gasteiger partial charge in [0, 0.05) is 38.8 Å². The first-order valence-electron chi connectivity index (χ1n) is 10.6. The van der Waals surface area contributed by atoms with Crippen molar-refractivity contribution in [3.05, 3.63) is 35.4 Å². The van der Waals surface area contributed by atoms with Crippen molar-refractivity contribution in [2.75, 3.05) is 26.2 Å². The Labute approximate surface area is 173 Å². The minimum absolute atomic E-state index is 0.192. The summed E-state index contributed by atoms with van der Waals surface area (Å²) in [4.78, 5) is 29.1. The number of hydrogen-bond acceptors (Lipinski definition) is 5. The van der Waals surface area contributed by atoms with E-state index >= 15 is 0 Å². The van der Waals surface area contributed by atoms with Gasteiger partial charge in [0.15, 0.2) is 0 Å². The van der Waals surface area contributed by atoms with E-state index < -0.39 is 0 Å². The topological polar surface area (TPSA) is 88.5 Å². The zero-order valence-corrected chi connectivity index (χ0v) is 17.2. The van der Waals surface area contributed by atoms with Crippen LogP contribution in [0.4, 0.5) is 4.79 Å². The van der Waals surface area contributed by atoms with Crippen LogP contribution in [0.5, 0.6) is 0 Å². The van der Waals surface area contributed by atoms with Crippen molar-refractivity contribution in [2.45, 2.75) is 57.7 Å². The van der Waals surface area contributed by atoms with Gasteiger partial charge in [-0.15, -0.1) is 0 Å². The lowest BCUT2D eigenvalue weighted by Crippen LogP contribution is -2.55. The highest BCUT2D eigenvalue weighted by molar-refractivity contribution is 5.96. The van der Waals surface area contributed by atoms with E-state index in [1.54, 1.807) is 0 Å². The molecule has 29 heavy (non-hydrogen) atoms. The van der Waals surface area contributed by atoms with Gasteiger partial charge in [-0.25, -0.2) is 4.79 Å². The molecule has 7 nitrogen and oxygen atoms in total. The van der Waals surface area contributed by atoms with Gasteiger partial charge in [0.25, 0.3) is 0 Å². The fourth-order valence-corrected chi connectivity index (χ4v) is 4.10. The predicted molar refractivity (Wildman–Crippen MR) is 111 cm³/mol. The van der Waals surface area contributed by atoms with Crippen LogP contribution in [-0.4, -0.2) is 60.0 Å². The molecule has 1 saturated heterocycles. The zero-order chi connectivity index (χ0) is 20.6. The van der Waals surface area contributed by atoms with E-state index in [9.17, 15) is 9.59 Å². The van der Waals surface area contributed by atoms with Crippen LogP contribution in [0.2, 0.25) is 0 Å². The first-order chi connectivity index (χ1) is 14.0. The van der Waals surface area contributed by atoms with Crippen molar-refractivity contribution < 1.29 is 9.59 Å². The lowest BCUT2D eigenvalue weighted by Gasteiger charge is -2.37. The summed E-state index contributed by atoms with van der Waals surface area (Å²) in [5.41, 5.74) is 1.86. The van der Waals surface area contributed by atoms with Gasteiger partial charge in [0.2, 0.25) is 5.91 Å². The normalized spacial score (nSPS) is 19.9. The van der Waals surface area contributed by atoms with Crippen LogP contribution in [0.25, 0.3) is 0 Å². The quantitative estimate of drug-likeness (QED) is 0.795. The Morgan fingerprint density at radius 2 is 1.76 bits per heavy atom. The van der Waals surface area contributed by atoms with Gasteiger partial charge in [-0.05, 0) is 37.5 Å². The van der Waals surface area contributed by atoms with Crippen molar-refractivity contribution in [1.82, 2.24) is 20.4 Å². The number of benzene rings is 1. The van der Waals surface area contributed by atoms with Crippen molar-refractivity contribution in [3.8, 4) is 6.07 Å². The second-order valence-corrected chi connectivity index (χ2v) is 8.09. The van der Waals surface area contributed by atoms with Crippen LogP contribution < -0.4 is 10.6 Å². The highest BCUT2D eigenvalue weighted by atomic mass is 16.2. The maximum absolute atomic E-state index is 12.5. The van der Waals surface area contributed by atoms with E-state index in [-0.39, 0.29) is 24.0 Å². The highest BCUT2D eigenvalue weighted by Crippen LogP contribution is 2.17. The smallest absolute Gasteiger partial charge is 0.321 e. The molecule has 1 aliphatic carbocycles. The highest BCUT2D eigenvalue weighted by Gasteiger charge is 2.27. The number of nitriles is 1. The molecule has 2 fully saturated rings.